The maximum atomic E-state index is 14.8. The Balaban J connectivity index is 2.48. The summed E-state index contributed by atoms with van der Waals surface area (Å²) >= 11 is 10.2. The van der Waals surface area contributed by atoms with Crippen LogP contribution in [-0.4, -0.2) is 263 Å². The van der Waals surface area contributed by atoms with E-state index in [4.69, 9.17) is 28.0 Å². The van der Waals surface area contributed by atoms with Crippen molar-refractivity contribution in [3.05, 3.63) is 35.9 Å². The molecule has 41 heteroatoms. The van der Waals surface area contributed by atoms with E-state index in [2.05, 4.69) is 105 Å². The van der Waals surface area contributed by atoms with Crippen LogP contribution >= 0.6 is 37.0 Å². The van der Waals surface area contributed by atoms with Gasteiger partial charge in [-0.1, -0.05) is 134 Å². The summed E-state index contributed by atoms with van der Waals surface area (Å²) in [6.45, 7) is 23.4. The van der Waals surface area contributed by atoms with Crippen LogP contribution in [0.2, 0.25) is 0 Å². The van der Waals surface area contributed by atoms with Gasteiger partial charge in [-0.05, 0) is 149 Å². The van der Waals surface area contributed by atoms with Crippen LogP contribution in [0.3, 0.4) is 0 Å². The molecule has 1 heterocycles. The molecule has 0 aromatic heterocycles. The number of nitrogens with one attached hydrogen (secondary N) is 14. The molecule has 0 spiro atoms. The number of hydrogen-bond acceptors (Lipinski definition) is 23. The second-order valence-corrected chi connectivity index (χ2v) is 35.8. The Morgan fingerprint density at radius 3 is 1.27 bits per heavy atom. The number of carbonyl (C=O) groups is 16. The van der Waals surface area contributed by atoms with Crippen LogP contribution in [0, 0.1) is 41.4 Å². The number of thiol groups is 2. The van der Waals surface area contributed by atoms with Crippen LogP contribution < -0.4 is 97.4 Å². The summed E-state index contributed by atoms with van der Waals surface area (Å²) in [5.74, 6) is -15.7. The molecule has 0 radical (unpaired) electrons. The predicted octanol–water partition coefficient (Wildman–Crippen LogP) is -1.23. The molecule has 16 atom stereocenters. The van der Waals surface area contributed by atoms with Gasteiger partial charge in [-0.15, -0.1) is 0 Å². The molecule has 0 saturated carbocycles. The number of aliphatic hydroxyl groups excluding tert-OH is 1. The number of guanidine groups is 1. The summed E-state index contributed by atoms with van der Waals surface area (Å²) in [4.78, 5) is 230. The molecular weight excluding hydrogens is 1660 g/mol. The van der Waals surface area contributed by atoms with Crippen molar-refractivity contribution in [3.8, 4) is 0 Å². The molecule has 2 rings (SSSR count). The van der Waals surface area contributed by atoms with Gasteiger partial charge in [0.2, 0.25) is 88.6 Å². The molecule has 1 fully saturated rings. The fraction of sp³-hybridized carbons (Fsp3) is 0.723. The minimum absolute atomic E-state index is 0.00664. The van der Waals surface area contributed by atoms with Gasteiger partial charge in [0, 0.05) is 31.0 Å². The van der Waals surface area contributed by atoms with Crippen LogP contribution in [0.4, 0.5) is 0 Å². The van der Waals surface area contributed by atoms with E-state index in [1.165, 1.54) is 16.7 Å². The van der Waals surface area contributed by atoms with E-state index >= 15 is 0 Å². The standard InChI is InChI=1S/C83H144N20O18S3/c1-16-50(14)67(102-68(107)52(85)29-33-124-15)82(121)103-32-23-28-64(103)80(119)91-53(26-20-21-30-84)69(108)92-55(34-44(2)3)71(110)94-57(36-46(6)7)73(112)98-61(41-104)77(116)96-56(35-45(4)5)72(111)95-59(38-48(10)11)75(114)99-62(42-122)78(117)97-60(39-51-24-18-17-19-25-51)76(115)90-54(27-22-31-88-83(86)87)70(109)93-58(37-47(8)9)74(113)100-63(43-123)79(118)101-66(49(12)13)81(120)89-40-65(105)106/h17-19,24-25,44-50,52-64,66-67,104,122-123H,16,20-23,26-43,84-85H2,1-15H3,(H,89,120)(H,90,115)(H,91,119)(H,92,108)(H,93,109)(H,94,110)(H,95,111)(H,96,116)(H,97,117)(H,98,112)(H,99,114)(H,100,113)(H,101,118)(H,102,107)(H,105,106)(H4,86,87,88)/t50-,52-,53-,54-,55-,56-,57-,58-,59-,60-,61-,62-,63-,64-,66-,67-/m0/s1. The van der Waals surface area contributed by atoms with Gasteiger partial charge in [0.05, 0.1) is 12.6 Å². The highest BCUT2D eigenvalue weighted by molar-refractivity contribution is 7.98. The summed E-state index contributed by atoms with van der Waals surface area (Å²) in [5, 5.41) is 57.0. The van der Waals surface area contributed by atoms with Gasteiger partial charge < -0.3 is 112 Å². The summed E-state index contributed by atoms with van der Waals surface area (Å²) < 4.78 is 0. The lowest BCUT2D eigenvalue weighted by molar-refractivity contribution is -0.143. The minimum atomic E-state index is -1.73. The summed E-state index contributed by atoms with van der Waals surface area (Å²) in [7, 11) is 0. The summed E-state index contributed by atoms with van der Waals surface area (Å²) in [6, 6.07) is -11.2. The number of aliphatic imine (C=N–C) groups is 1. The molecule has 1 aliphatic heterocycles. The number of benzene rings is 1. The van der Waals surface area contributed by atoms with Gasteiger partial charge in [-0.3, -0.25) is 81.7 Å². The highest BCUT2D eigenvalue weighted by atomic mass is 32.2. The predicted molar refractivity (Wildman–Crippen MR) is 481 cm³/mol. The van der Waals surface area contributed by atoms with Crippen LogP contribution in [0.1, 0.15) is 192 Å². The SMILES string of the molecule is CC[C@H](C)[C@H](NC(=O)[C@@H](N)CCSC)C(=O)N1CCC[C@H]1C(=O)N[C@@H](CCCCN)C(=O)N[C@@H](CC(C)C)C(=O)N[C@@H](CC(C)C)C(=O)N[C@@H](CO)C(=O)N[C@@H](CC(C)C)C(=O)N[C@@H](CC(C)C)C(=O)N[C@@H](CS)C(=O)N[C@@H](Cc1ccccc1)C(=O)N[C@@H](CCCN=C(N)N)C(=O)N[C@@H](CC(C)C)C(=O)N[C@@H](CS)C(=O)N[C@H](C(=O)NCC(=O)O)C(C)C. The first-order chi connectivity index (χ1) is 58.4. The zero-order valence-corrected chi connectivity index (χ0v) is 77.4. The second kappa shape index (κ2) is 58.3. The van der Waals surface area contributed by atoms with Crippen molar-refractivity contribution >= 4 is 138 Å². The first-order valence-corrected chi connectivity index (χ1v) is 45.6. The first-order valence-electron chi connectivity index (χ1n) is 43.0. The number of carbonyl (C=O) groups excluding carboxylic acids is 15. The van der Waals surface area contributed by atoms with E-state index in [0.29, 0.717) is 43.4 Å². The number of likely N-dealkylation sites (tertiary alicyclic amines) is 1. The van der Waals surface area contributed by atoms with Crippen molar-refractivity contribution in [2.75, 3.05) is 56.3 Å². The monoisotopic (exact) mass is 1810 g/mol. The zero-order valence-electron chi connectivity index (χ0n) is 74.8. The third-order valence-corrected chi connectivity index (χ3v) is 21.8. The Bertz CT molecular complexity index is 3660. The molecule has 15 amide bonds. The van der Waals surface area contributed by atoms with Crippen molar-refractivity contribution in [2.24, 2.45) is 69.4 Å². The quantitative estimate of drug-likeness (QED) is 0.0157. The maximum absolute atomic E-state index is 14.8. The fourth-order valence-electron chi connectivity index (χ4n) is 13.5. The number of hydrogen-bond donors (Lipinski definition) is 22. The van der Waals surface area contributed by atoms with E-state index in [-0.39, 0.29) is 137 Å². The largest absolute Gasteiger partial charge is 0.480 e. The van der Waals surface area contributed by atoms with Crippen molar-refractivity contribution in [3.63, 3.8) is 0 Å². The van der Waals surface area contributed by atoms with Gasteiger partial charge in [0.25, 0.3) is 0 Å². The van der Waals surface area contributed by atoms with Crippen LogP contribution in [0.15, 0.2) is 35.3 Å². The molecular formula is C83H144N20O18S3. The Hall–Kier alpha value is -9.06. The van der Waals surface area contributed by atoms with Crippen LogP contribution in [0.5, 0.6) is 0 Å². The lowest BCUT2D eigenvalue weighted by atomic mass is 9.96. The number of carboxylic acids is 1. The number of aliphatic carboxylic acids is 1. The van der Waals surface area contributed by atoms with Gasteiger partial charge in [-0.25, -0.2) is 0 Å². The molecule has 0 unspecified atom stereocenters. The number of aliphatic hydroxyl groups is 1. The molecule has 124 heavy (non-hydrogen) atoms. The Morgan fingerprint density at radius 1 is 0.484 bits per heavy atom. The van der Waals surface area contributed by atoms with Crippen LogP contribution in [-0.2, 0) is 83.1 Å². The smallest absolute Gasteiger partial charge is 0.322 e. The van der Waals surface area contributed by atoms with E-state index in [1.54, 1.807) is 99.6 Å². The summed E-state index contributed by atoms with van der Waals surface area (Å²) in [6.07, 6.45) is 4.26. The highest BCUT2D eigenvalue weighted by Gasteiger charge is 2.43. The minimum Gasteiger partial charge on any atom is -0.480 e. The molecule has 24 N–H and O–H groups in total. The van der Waals surface area contributed by atoms with E-state index in [1.807, 2.05) is 34.0 Å². The first kappa shape index (κ1) is 111. The number of rotatable bonds is 59. The molecule has 38 nitrogen and oxygen atoms in total. The van der Waals surface area contributed by atoms with Crippen molar-refractivity contribution in [1.29, 1.82) is 0 Å². The van der Waals surface area contributed by atoms with E-state index in [9.17, 15) is 81.8 Å². The van der Waals surface area contributed by atoms with Crippen molar-refractivity contribution in [2.45, 2.75) is 284 Å². The number of amides is 15. The van der Waals surface area contributed by atoms with E-state index < -0.39 is 204 Å². The lowest BCUT2D eigenvalue weighted by Gasteiger charge is -2.32. The Morgan fingerprint density at radius 2 is 0.863 bits per heavy atom. The molecule has 1 saturated heterocycles. The number of carboxylic acid groups (broad SMARTS) is 1. The van der Waals surface area contributed by atoms with E-state index in [0.717, 1.165) is 0 Å². The van der Waals surface area contributed by atoms with Gasteiger partial charge in [-0.2, -0.15) is 37.0 Å². The molecule has 1 aliphatic rings. The summed E-state index contributed by atoms with van der Waals surface area (Å²) in [5.41, 5.74) is 23.8. The maximum Gasteiger partial charge on any atom is 0.322 e. The van der Waals surface area contributed by atoms with Crippen molar-refractivity contribution < 1.29 is 86.9 Å². The molecule has 0 bridgehead atoms. The molecule has 702 valence electrons. The Labute approximate surface area is 745 Å². The van der Waals surface area contributed by atoms with Gasteiger partial charge >= 0.3 is 5.97 Å². The fourth-order valence-corrected chi connectivity index (χ4v) is 14.5. The van der Waals surface area contributed by atoms with Gasteiger partial charge in [0.15, 0.2) is 5.96 Å². The van der Waals surface area contributed by atoms with Gasteiger partial charge in [0.1, 0.15) is 91.1 Å². The molecule has 1 aromatic rings. The Kier molecular flexibility index (Phi) is 52.2. The number of nitrogens with two attached hydrogens (primary N) is 4. The molecule has 1 aromatic carbocycles. The topological polar surface area (TPSA) is 602 Å². The average Bonchev–Trinajstić information content (AvgIpc) is 1.64. The zero-order chi connectivity index (χ0) is 93.8. The number of thioether (sulfide) groups is 1. The third-order valence-electron chi connectivity index (χ3n) is 20.5. The van der Waals surface area contributed by atoms with Crippen LogP contribution in [0.25, 0.3) is 0 Å². The number of unbranched alkanes of at least 4 members (excludes halogenated alkanes) is 1. The highest BCUT2D eigenvalue weighted by Crippen LogP contribution is 2.24. The number of nitrogens with zero attached hydrogens (tertiary/aromatic N) is 2. The van der Waals surface area contributed by atoms with Crippen molar-refractivity contribution in [1.82, 2.24) is 79.3 Å². The second-order valence-electron chi connectivity index (χ2n) is 34.1. The average molecular weight is 1810 g/mol. The normalized spacial score (nSPS) is 16.3. The lowest BCUT2D eigenvalue weighted by Crippen LogP contribution is -2.62. The molecule has 0 aliphatic carbocycles. The third kappa shape index (κ3) is 40.9.